The Morgan fingerprint density at radius 1 is 0.979 bits per heavy atom. The maximum absolute atomic E-state index is 12.9. The van der Waals surface area contributed by atoms with Crippen LogP contribution in [0.5, 0.6) is 17.2 Å². The number of para-hydroxylation sites is 1. The summed E-state index contributed by atoms with van der Waals surface area (Å²) in [5.41, 5.74) is 3.19. The first-order valence-corrected chi connectivity index (χ1v) is 16.0. The molecule has 0 spiro atoms. The van der Waals surface area contributed by atoms with Crippen molar-refractivity contribution < 1.29 is 23.8 Å². The summed E-state index contributed by atoms with van der Waals surface area (Å²) in [6.07, 6.45) is 5.66. The Bertz CT molecular complexity index is 1710. The van der Waals surface area contributed by atoms with E-state index in [1.807, 2.05) is 96.9 Å². The summed E-state index contributed by atoms with van der Waals surface area (Å²) in [6.45, 7) is 3.80. The van der Waals surface area contributed by atoms with Crippen LogP contribution < -0.4 is 30.1 Å². The summed E-state index contributed by atoms with van der Waals surface area (Å²) in [5.74, 6) is 3.05. The molecular weight excluding hydrogens is 610 g/mol. The van der Waals surface area contributed by atoms with Gasteiger partial charge in [-0.05, 0) is 50.0 Å². The van der Waals surface area contributed by atoms with Crippen molar-refractivity contribution >= 4 is 34.6 Å². The number of rotatable bonds is 12. The lowest BCUT2D eigenvalue weighted by molar-refractivity contribution is -0.111. The molecule has 6 rings (SSSR count). The summed E-state index contributed by atoms with van der Waals surface area (Å²) >= 11 is 0. The molecule has 2 aliphatic heterocycles. The van der Waals surface area contributed by atoms with Gasteiger partial charge in [0.15, 0.2) is 5.82 Å². The van der Waals surface area contributed by atoms with Gasteiger partial charge in [-0.2, -0.15) is 0 Å². The van der Waals surface area contributed by atoms with Gasteiger partial charge in [-0.25, -0.2) is 15.0 Å². The van der Waals surface area contributed by atoms with E-state index < -0.39 is 0 Å². The number of hydrogen-bond donors (Lipinski definition) is 2. The highest BCUT2D eigenvalue weighted by molar-refractivity contribution is 6.02. The van der Waals surface area contributed by atoms with Crippen molar-refractivity contribution in [3.63, 3.8) is 0 Å². The first kappa shape index (κ1) is 32.8. The second-order valence-electron chi connectivity index (χ2n) is 11.7. The summed E-state index contributed by atoms with van der Waals surface area (Å²) in [5, 5.41) is 8.27. The number of carbonyl (C=O) groups is 1. The molecule has 0 bridgehead atoms. The smallest absolute Gasteiger partial charge is 0.248 e. The third-order valence-electron chi connectivity index (χ3n) is 7.93. The number of likely N-dealkylation sites (N-methyl/N-ethyl adjacent to an activating group) is 1. The molecule has 0 unspecified atom stereocenters. The highest BCUT2D eigenvalue weighted by atomic mass is 16.7. The molecule has 1 aromatic heterocycles. The SMILES string of the molecule is COc1cc(N2CCOCC2)c(NC(=O)/C=C/CN(C)C)cc1Nc1cc(N2OCC[C@@H]2c2cccc(Oc3ccccc3)c2)ncn1. The van der Waals surface area contributed by atoms with Crippen LogP contribution >= 0.6 is 0 Å². The van der Waals surface area contributed by atoms with Crippen LogP contribution in [-0.2, 0) is 14.4 Å². The van der Waals surface area contributed by atoms with Crippen molar-refractivity contribution in [3.8, 4) is 17.2 Å². The van der Waals surface area contributed by atoms with Crippen LogP contribution in [0, 0.1) is 0 Å². The first-order valence-electron chi connectivity index (χ1n) is 16.0. The number of ether oxygens (including phenoxy) is 3. The molecule has 3 aromatic carbocycles. The minimum Gasteiger partial charge on any atom is -0.494 e. The number of carbonyl (C=O) groups excluding carboxylic acids is 1. The summed E-state index contributed by atoms with van der Waals surface area (Å²) < 4.78 is 17.5. The van der Waals surface area contributed by atoms with Gasteiger partial charge in [-0.15, -0.1) is 0 Å². The minimum atomic E-state index is -0.220. The van der Waals surface area contributed by atoms with E-state index >= 15 is 0 Å². The van der Waals surface area contributed by atoms with Crippen LogP contribution in [0.4, 0.5) is 28.7 Å². The van der Waals surface area contributed by atoms with Gasteiger partial charge in [-0.3, -0.25) is 9.63 Å². The van der Waals surface area contributed by atoms with E-state index in [2.05, 4.69) is 31.6 Å². The number of amides is 1. The summed E-state index contributed by atoms with van der Waals surface area (Å²) in [7, 11) is 5.53. The predicted molar refractivity (Wildman–Crippen MR) is 186 cm³/mol. The fourth-order valence-electron chi connectivity index (χ4n) is 5.63. The van der Waals surface area contributed by atoms with Crippen molar-refractivity contribution in [1.82, 2.24) is 14.9 Å². The van der Waals surface area contributed by atoms with Gasteiger partial charge < -0.3 is 34.6 Å². The Morgan fingerprint density at radius 2 is 1.79 bits per heavy atom. The normalized spacial score (nSPS) is 16.4. The van der Waals surface area contributed by atoms with Crippen LogP contribution in [0.25, 0.3) is 0 Å². The lowest BCUT2D eigenvalue weighted by Gasteiger charge is -2.31. The number of nitrogens with one attached hydrogen (secondary N) is 2. The molecule has 48 heavy (non-hydrogen) atoms. The Kier molecular flexibility index (Phi) is 10.7. The van der Waals surface area contributed by atoms with E-state index in [-0.39, 0.29) is 11.9 Å². The average Bonchev–Trinajstić information content (AvgIpc) is 3.60. The molecule has 1 atom stereocenters. The van der Waals surface area contributed by atoms with Gasteiger partial charge in [0, 0.05) is 44.3 Å². The Labute approximate surface area is 280 Å². The monoisotopic (exact) mass is 651 g/mol. The molecule has 3 heterocycles. The largest absolute Gasteiger partial charge is 0.494 e. The van der Waals surface area contributed by atoms with Crippen molar-refractivity contribution in [1.29, 1.82) is 0 Å². The Morgan fingerprint density at radius 3 is 2.58 bits per heavy atom. The molecular formula is C36H41N7O5. The van der Waals surface area contributed by atoms with Crippen LogP contribution in [0.15, 0.2) is 91.3 Å². The number of aromatic nitrogens is 2. The zero-order chi connectivity index (χ0) is 33.3. The first-order chi connectivity index (χ1) is 23.5. The number of hydroxylamine groups is 1. The average molecular weight is 652 g/mol. The minimum absolute atomic E-state index is 0.0724. The molecule has 2 aliphatic rings. The molecule has 2 fully saturated rings. The lowest BCUT2D eigenvalue weighted by Crippen LogP contribution is -2.36. The van der Waals surface area contributed by atoms with E-state index in [1.54, 1.807) is 13.2 Å². The molecule has 12 nitrogen and oxygen atoms in total. The van der Waals surface area contributed by atoms with Crippen LogP contribution in [0.3, 0.4) is 0 Å². The maximum Gasteiger partial charge on any atom is 0.248 e. The van der Waals surface area contributed by atoms with E-state index in [4.69, 9.17) is 19.0 Å². The Balaban J connectivity index is 1.24. The quantitative estimate of drug-likeness (QED) is 0.181. The van der Waals surface area contributed by atoms with Crippen molar-refractivity contribution in [2.75, 3.05) is 81.3 Å². The molecule has 4 aromatic rings. The number of benzene rings is 3. The lowest BCUT2D eigenvalue weighted by atomic mass is 10.0. The van der Waals surface area contributed by atoms with Crippen LogP contribution in [0.2, 0.25) is 0 Å². The van der Waals surface area contributed by atoms with Gasteiger partial charge >= 0.3 is 0 Å². The highest BCUT2D eigenvalue weighted by Crippen LogP contribution is 2.40. The third-order valence-corrected chi connectivity index (χ3v) is 7.93. The molecule has 250 valence electrons. The number of methoxy groups -OCH3 is 1. The molecule has 0 aliphatic carbocycles. The van der Waals surface area contributed by atoms with Crippen LogP contribution in [0.1, 0.15) is 18.0 Å². The van der Waals surface area contributed by atoms with E-state index in [0.717, 1.165) is 29.2 Å². The molecule has 2 saturated heterocycles. The fraction of sp³-hybridized carbons (Fsp3) is 0.306. The van der Waals surface area contributed by atoms with E-state index in [1.165, 1.54) is 6.33 Å². The molecule has 12 heteroatoms. The number of anilines is 5. The van der Waals surface area contributed by atoms with E-state index in [0.29, 0.717) is 68.2 Å². The van der Waals surface area contributed by atoms with Gasteiger partial charge in [0.1, 0.15) is 29.4 Å². The fourth-order valence-corrected chi connectivity index (χ4v) is 5.63. The van der Waals surface area contributed by atoms with Gasteiger partial charge in [0.2, 0.25) is 5.91 Å². The highest BCUT2D eigenvalue weighted by Gasteiger charge is 2.30. The molecule has 1 amide bonds. The topological polar surface area (TPSA) is 114 Å². The number of nitrogens with zero attached hydrogens (tertiary/aromatic N) is 5. The summed E-state index contributed by atoms with van der Waals surface area (Å²) in [4.78, 5) is 32.2. The zero-order valence-corrected chi connectivity index (χ0v) is 27.5. The van der Waals surface area contributed by atoms with Crippen molar-refractivity contribution in [3.05, 3.63) is 96.8 Å². The molecule has 0 radical (unpaired) electrons. The van der Waals surface area contributed by atoms with Crippen LogP contribution in [-0.4, -0.2) is 81.4 Å². The second-order valence-corrected chi connectivity index (χ2v) is 11.7. The van der Waals surface area contributed by atoms with Gasteiger partial charge in [-0.1, -0.05) is 36.4 Å². The molecule has 2 N–H and O–H groups in total. The Hall–Kier alpha value is -5.17. The second kappa shape index (κ2) is 15.6. The zero-order valence-electron chi connectivity index (χ0n) is 27.5. The third kappa shape index (κ3) is 8.21. The molecule has 0 saturated carbocycles. The van der Waals surface area contributed by atoms with Crippen molar-refractivity contribution in [2.24, 2.45) is 0 Å². The van der Waals surface area contributed by atoms with Gasteiger partial charge in [0.05, 0.1) is 50.0 Å². The summed E-state index contributed by atoms with van der Waals surface area (Å²) in [6, 6.07) is 23.3. The number of hydrogen-bond acceptors (Lipinski definition) is 11. The number of morpholine rings is 1. The maximum atomic E-state index is 12.9. The van der Waals surface area contributed by atoms with Gasteiger partial charge in [0.25, 0.3) is 0 Å². The van der Waals surface area contributed by atoms with E-state index in [9.17, 15) is 4.79 Å². The predicted octanol–water partition coefficient (Wildman–Crippen LogP) is 5.80. The van der Waals surface area contributed by atoms with Crippen molar-refractivity contribution in [2.45, 2.75) is 12.5 Å². The standard InChI is InChI=1S/C36H41N7O5/c1-41(2)15-8-13-36(44)40-29-22-30(33(45-3)23-32(29)42-16-19-46-20-17-42)39-34-24-35(38-25-37-34)43-31(14-18-47-43)26-9-7-12-28(21-26)48-27-10-5-4-6-11-27/h4-13,21-25,31H,14-20H2,1-3H3,(H,40,44)(H,37,38,39)/b13-8+/t31-/m1/s1.